The zero-order valence-electron chi connectivity index (χ0n) is 18.8. The van der Waals surface area contributed by atoms with Gasteiger partial charge in [0.15, 0.2) is 5.69 Å². The molecular formula is C23H33N5O3S. The van der Waals surface area contributed by atoms with Crippen LogP contribution >= 0.6 is 0 Å². The molecule has 1 atom stereocenters. The van der Waals surface area contributed by atoms with Crippen molar-refractivity contribution in [3.63, 3.8) is 0 Å². The van der Waals surface area contributed by atoms with Crippen LogP contribution in [0.3, 0.4) is 0 Å². The van der Waals surface area contributed by atoms with Gasteiger partial charge in [-0.3, -0.25) is 4.79 Å². The van der Waals surface area contributed by atoms with Crippen molar-refractivity contribution in [3.8, 4) is 0 Å². The highest BCUT2D eigenvalue weighted by atomic mass is 32.2. The second-order valence-corrected chi connectivity index (χ2v) is 11.5. The summed E-state index contributed by atoms with van der Waals surface area (Å²) < 4.78 is 27.7. The summed E-state index contributed by atoms with van der Waals surface area (Å²) in [5, 5.41) is 0. The quantitative estimate of drug-likeness (QED) is 0.700. The molecule has 174 valence electrons. The number of hydrogen-bond donors (Lipinski definition) is 0. The Bertz CT molecular complexity index is 1080. The van der Waals surface area contributed by atoms with E-state index in [1.165, 1.54) is 36.5 Å². The third-order valence-corrected chi connectivity index (χ3v) is 8.67. The van der Waals surface area contributed by atoms with Gasteiger partial charge >= 0.3 is 0 Å². The van der Waals surface area contributed by atoms with Crippen molar-refractivity contribution < 1.29 is 13.2 Å². The predicted molar refractivity (Wildman–Crippen MR) is 123 cm³/mol. The van der Waals surface area contributed by atoms with Crippen LogP contribution in [0.4, 0.5) is 0 Å². The maximum Gasteiger partial charge on any atom is 0.274 e. The first-order valence-corrected chi connectivity index (χ1v) is 13.7. The van der Waals surface area contributed by atoms with Gasteiger partial charge in [-0.1, -0.05) is 6.07 Å². The van der Waals surface area contributed by atoms with Gasteiger partial charge in [0, 0.05) is 44.3 Å². The van der Waals surface area contributed by atoms with E-state index in [9.17, 15) is 13.2 Å². The summed E-state index contributed by atoms with van der Waals surface area (Å²) in [6.45, 7) is 4.90. The van der Waals surface area contributed by atoms with Gasteiger partial charge < -0.3 is 14.2 Å². The van der Waals surface area contributed by atoms with Crippen molar-refractivity contribution in [3.05, 3.63) is 35.9 Å². The number of piperidine rings is 2. The Morgan fingerprint density at radius 3 is 2.47 bits per heavy atom. The number of carbonyl (C=O) groups is 1. The lowest BCUT2D eigenvalue weighted by Crippen LogP contribution is -2.46. The van der Waals surface area contributed by atoms with Crippen molar-refractivity contribution in [2.75, 3.05) is 45.5 Å². The number of imidazole rings is 1. The minimum absolute atomic E-state index is 0.00407. The van der Waals surface area contributed by atoms with Crippen LogP contribution in [0, 0.1) is 0 Å². The standard InChI is InChI=1S/C23H33N5O3S/c1-32(30,31)27-13-6-7-18(17-27)22-24-21(20-8-2-3-14-28(20)22)23(29)26-15-9-19(10-16-26)25-11-4-5-12-25/h2-3,8,14,18-19H,4-7,9-13,15-17H2,1H3. The molecular weight excluding hydrogens is 426 g/mol. The largest absolute Gasteiger partial charge is 0.337 e. The first-order chi connectivity index (χ1) is 15.4. The minimum Gasteiger partial charge on any atom is -0.337 e. The Hall–Kier alpha value is -1.97. The number of sulfonamides is 1. The maximum atomic E-state index is 13.5. The summed E-state index contributed by atoms with van der Waals surface area (Å²) in [5.74, 6) is 0.774. The Labute approximate surface area is 190 Å². The van der Waals surface area contributed by atoms with E-state index >= 15 is 0 Å². The second kappa shape index (κ2) is 8.76. The lowest BCUT2D eigenvalue weighted by Gasteiger charge is -2.36. The van der Waals surface area contributed by atoms with Crippen molar-refractivity contribution >= 4 is 21.4 Å². The van der Waals surface area contributed by atoms with E-state index in [-0.39, 0.29) is 11.8 Å². The third kappa shape index (κ3) is 4.18. The molecule has 3 aliphatic heterocycles. The van der Waals surface area contributed by atoms with Crippen molar-refractivity contribution in [1.82, 2.24) is 23.5 Å². The molecule has 8 nitrogen and oxygen atoms in total. The topological polar surface area (TPSA) is 78.2 Å². The van der Waals surface area contributed by atoms with Gasteiger partial charge in [-0.25, -0.2) is 17.7 Å². The maximum absolute atomic E-state index is 13.5. The fourth-order valence-electron chi connectivity index (χ4n) is 5.65. The minimum atomic E-state index is -3.24. The van der Waals surface area contributed by atoms with Gasteiger partial charge in [-0.15, -0.1) is 0 Å². The van der Waals surface area contributed by atoms with Crippen molar-refractivity contribution in [1.29, 1.82) is 0 Å². The molecule has 0 aromatic carbocycles. The van der Waals surface area contributed by atoms with E-state index in [0.29, 0.717) is 24.8 Å². The molecule has 3 fully saturated rings. The van der Waals surface area contributed by atoms with Gasteiger partial charge in [0.05, 0.1) is 11.8 Å². The molecule has 9 heteroatoms. The molecule has 0 saturated carbocycles. The number of rotatable bonds is 4. The summed E-state index contributed by atoms with van der Waals surface area (Å²) in [6.07, 6.45) is 9.50. The molecule has 32 heavy (non-hydrogen) atoms. The fourth-order valence-corrected chi connectivity index (χ4v) is 6.56. The fraction of sp³-hybridized carbons (Fsp3) is 0.652. The number of likely N-dealkylation sites (tertiary alicyclic amines) is 2. The van der Waals surface area contributed by atoms with E-state index in [4.69, 9.17) is 4.98 Å². The molecule has 3 aliphatic rings. The third-order valence-electron chi connectivity index (χ3n) is 7.41. The predicted octanol–water partition coefficient (Wildman–Crippen LogP) is 2.17. The van der Waals surface area contributed by atoms with Crippen LogP contribution in [0.5, 0.6) is 0 Å². The van der Waals surface area contributed by atoms with Crippen LogP contribution in [0.25, 0.3) is 5.52 Å². The Balaban J connectivity index is 1.37. The summed E-state index contributed by atoms with van der Waals surface area (Å²) >= 11 is 0. The zero-order valence-corrected chi connectivity index (χ0v) is 19.6. The average Bonchev–Trinajstić information content (AvgIpc) is 3.47. The molecule has 0 radical (unpaired) electrons. The van der Waals surface area contributed by atoms with Crippen LogP contribution in [0.2, 0.25) is 0 Å². The molecule has 0 N–H and O–H groups in total. The van der Waals surface area contributed by atoms with Gasteiger partial charge in [0.2, 0.25) is 10.0 Å². The number of aromatic nitrogens is 2. The summed E-state index contributed by atoms with van der Waals surface area (Å²) in [6, 6.07) is 6.41. The molecule has 2 aromatic heterocycles. The normalized spacial score (nSPS) is 24.4. The number of pyridine rings is 1. The number of hydrogen-bond acceptors (Lipinski definition) is 5. The molecule has 1 amide bonds. The smallest absolute Gasteiger partial charge is 0.274 e. The molecule has 0 bridgehead atoms. The molecule has 3 saturated heterocycles. The highest BCUT2D eigenvalue weighted by Crippen LogP contribution is 2.30. The van der Waals surface area contributed by atoms with Crippen LogP contribution in [0.15, 0.2) is 24.4 Å². The molecule has 5 heterocycles. The molecule has 0 spiro atoms. The lowest BCUT2D eigenvalue weighted by atomic mass is 9.99. The highest BCUT2D eigenvalue weighted by molar-refractivity contribution is 7.88. The molecule has 5 rings (SSSR count). The van der Waals surface area contributed by atoms with Crippen LogP contribution < -0.4 is 0 Å². The number of fused-ring (bicyclic) bond motifs is 1. The van der Waals surface area contributed by atoms with E-state index in [0.717, 1.165) is 50.1 Å². The SMILES string of the molecule is CS(=O)(=O)N1CCCC(c2nc(C(=O)N3CCC(N4CCCC4)CC3)c3ccccn23)C1. The lowest BCUT2D eigenvalue weighted by molar-refractivity contribution is 0.0641. The monoisotopic (exact) mass is 459 g/mol. The van der Waals surface area contributed by atoms with Crippen molar-refractivity contribution in [2.24, 2.45) is 0 Å². The number of carbonyl (C=O) groups excluding carboxylic acids is 1. The Kier molecular flexibility index (Phi) is 5.98. The molecule has 2 aromatic rings. The van der Waals surface area contributed by atoms with E-state index < -0.39 is 10.0 Å². The average molecular weight is 460 g/mol. The zero-order chi connectivity index (χ0) is 22.3. The van der Waals surface area contributed by atoms with Gasteiger partial charge in [-0.2, -0.15) is 0 Å². The molecule has 1 unspecified atom stereocenters. The second-order valence-electron chi connectivity index (χ2n) is 9.50. The Morgan fingerprint density at radius 2 is 1.75 bits per heavy atom. The van der Waals surface area contributed by atoms with Crippen LogP contribution in [-0.2, 0) is 10.0 Å². The van der Waals surface area contributed by atoms with Gasteiger partial charge in [-0.05, 0) is 63.7 Å². The highest BCUT2D eigenvalue weighted by Gasteiger charge is 2.33. The summed E-state index contributed by atoms with van der Waals surface area (Å²) in [4.78, 5) is 22.9. The van der Waals surface area contributed by atoms with Crippen LogP contribution in [-0.4, -0.2) is 89.4 Å². The summed E-state index contributed by atoms with van der Waals surface area (Å²) in [5.41, 5.74) is 1.31. The molecule has 0 aliphatic carbocycles. The number of nitrogens with zero attached hydrogens (tertiary/aromatic N) is 5. The van der Waals surface area contributed by atoms with E-state index in [2.05, 4.69) is 4.90 Å². The number of amides is 1. The van der Waals surface area contributed by atoms with E-state index in [1.807, 2.05) is 33.7 Å². The first-order valence-electron chi connectivity index (χ1n) is 11.9. The first kappa shape index (κ1) is 21.9. The van der Waals surface area contributed by atoms with E-state index in [1.54, 1.807) is 0 Å². The van der Waals surface area contributed by atoms with Gasteiger partial charge in [0.1, 0.15) is 5.82 Å². The van der Waals surface area contributed by atoms with Crippen LogP contribution in [0.1, 0.15) is 60.8 Å². The summed E-state index contributed by atoms with van der Waals surface area (Å²) in [7, 11) is -3.24. The van der Waals surface area contributed by atoms with Gasteiger partial charge in [0.25, 0.3) is 5.91 Å². The Morgan fingerprint density at radius 1 is 1.00 bits per heavy atom. The van der Waals surface area contributed by atoms with Crippen molar-refractivity contribution in [2.45, 2.75) is 50.5 Å².